The topological polar surface area (TPSA) is 49.8 Å². The van der Waals surface area contributed by atoms with E-state index in [0.717, 1.165) is 56.6 Å². The van der Waals surface area contributed by atoms with Crippen LogP contribution in [-0.2, 0) is 11.2 Å². The quantitative estimate of drug-likeness (QED) is 0.905. The summed E-state index contributed by atoms with van der Waals surface area (Å²) in [6.45, 7) is 2.94. The molecule has 1 aromatic carbocycles. The minimum atomic E-state index is -0.812. The lowest BCUT2D eigenvalue weighted by molar-refractivity contribution is 0.0695. The minimum absolute atomic E-state index is 0.444. The maximum Gasteiger partial charge on any atom is 0.336 e. The van der Waals surface area contributed by atoms with Crippen molar-refractivity contribution >= 4 is 11.7 Å². The first kappa shape index (κ1) is 14.4. The van der Waals surface area contributed by atoms with Crippen molar-refractivity contribution in [1.82, 2.24) is 0 Å². The molecule has 2 aliphatic heterocycles. The van der Waals surface area contributed by atoms with Gasteiger partial charge in [-0.3, -0.25) is 0 Å². The number of carboxylic acid groups (broad SMARTS) is 1. The average molecular weight is 289 g/mol. The number of carbonyl (C=O) groups is 1. The first-order chi connectivity index (χ1) is 10.3. The van der Waals surface area contributed by atoms with E-state index in [1.165, 1.54) is 12.8 Å². The van der Waals surface area contributed by atoms with Gasteiger partial charge < -0.3 is 14.7 Å². The third-order valence-electron chi connectivity index (χ3n) is 4.56. The molecule has 0 radical (unpaired) electrons. The van der Waals surface area contributed by atoms with Gasteiger partial charge in [0.05, 0.1) is 11.7 Å². The van der Waals surface area contributed by atoms with Gasteiger partial charge in [0.1, 0.15) is 0 Å². The number of hydrogen-bond acceptors (Lipinski definition) is 3. The molecule has 1 unspecified atom stereocenters. The van der Waals surface area contributed by atoms with Crippen molar-refractivity contribution < 1.29 is 14.6 Å². The van der Waals surface area contributed by atoms with E-state index in [9.17, 15) is 9.90 Å². The van der Waals surface area contributed by atoms with Crippen LogP contribution in [0, 0.1) is 0 Å². The third-order valence-corrected chi connectivity index (χ3v) is 4.56. The summed E-state index contributed by atoms with van der Waals surface area (Å²) in [5.41, 5.74) is 2.60. The summed E-state index contributed by atoms with van der Waals surface area (Å²) >= 11 is 0. The van der Waals surface area contributed by atoms with Crippen LogP contribution in [-0.4, -0.2) is 36.9 Å². The molecule has 1 fully saturated rings. The second kappa shape index (κ2) is 6.48. The fourth-order valence-corrected chi connectivity index (χ4v) is 3.52. The minimum Gasteiger partial charge on any atom is -0.478 e. The molecule has 0 spiro atoms. The number of benzene rings is 1. The van der Waals surface area contributed by atoms with Gasteiger partial charge in [-0.25, -0.2) is 4.79 Å². The number of carboxylic acids is 1. The van der Waals surface area contributed by atoms with E-state index >= 15 is 0 Å². The molecule has 0 aromatic heterocycles. The SMILES string of the molecule is O=C(O)c1cccc2c1CCCN2CCCC1CCCO1. The molecule has 2 heterocycles. The Labute approximate surface area is 125 Å². The zero-order valence-electron chi connectivity index (χ0n) is 12.4. The van der Waals surface area contributed by atoms with Crippen molar-refractivity contribution in [3.8, 4) is 0 Å². The number of aromatic carboxylic acids is 1. The van der Waals surface area contributed by atoms with E-state index in [0.29, 0.717) is 11.7 Å². The Morgan fingerprint density at radius 3 is 3.05 bits per heavy atom. The van der Waals surface area contributed by atoms with Crippen LogP contribution in [0.4, 0.5) is 5.69 Å². The molecule has 3 rings (SSSR count). The van der Waals surface area contributed by atoms with Crippen LogP contribution >= 0.6 is 0 Å². The zero-order valence-corrected chi connectivity index (χ0v) is 12.4. The van der Waals surface area contributed by atoms with Crippen LogP contribution in [0.1, 0.15) is 48.0 Å². The van der Waals surface area contributed by atoms with Crippen molar-refractivity contribution in [2.45, 2.75) is 44.6 Å². The van der Waals surface area contributed by atoms with Crippen molar-refractivity contribution in [2.24, 2.45) is 0 Å². The smallest absolute Gasteiger partial charge is 0.336 e. The molecule has 1 atom stereocenters. The Morgan fingerprint density at radius 1 is 1.38 bits per heavy atom. The molecular formula is C17H23NO3. The average Bonchev–Trinajstić information content (AvgIpc) is 3.00. The van der Waals surface area contributed by atoms with Gasteiger partial charge >= 0.3 is 5.97 Å². The largest absolute Gasteiger partial charge is 0.478 e. The molecule has 4 nitrogen and oxygen atoms in total. The third kappa shape index (κ3) is 3.21. The van der Waals surface area contributed by atoms with Gasteiger partial charge in [-0.2, -0.15) is 0 Å². The van der Waals surface area contributed by atoms with Gasteiger partial charge in [-0.05, 0) is 56.2 Å². The van der Waals surface area contributed by atoms with Crippen LogP contribution in [0.5, 0.6) is 0 Å². The number of rotatable bonds is 5. The monoisotopic (exact) mass is 289 g/mol. The Balaban J connectivity index is 1.65. The van der Waals surface area contributed by atoms with Gasteiger partial charge in [-0.1, -0.05) is 6.07 Å². The van der Waals surface area contributed by atoms with Crippen LogP contribution in [0.25, 0.3) is 0 Å². The van der Waals surface area contributed by atoms with Crippen LogP contribution in [0.15, 0.2) is 18.2 Å². The second-order valence-corrected chi connectivity index (χ2v) is 5.98. The normalized spacial score (nSPS) is 21.3. The number of anilines is 1. The van der Waals surface area contributed by atoms with E-state index in [4.69, 9.17) is 4.74 Å². The summed E-state index contributed by atoms with van der Waals surface area (Å²) < 4.78 is 5.67. The Kier molecular flexibility index (Phi) is 4.44. The first-order valence-corrected chi connectivity index (χ1v) is 7.97. The van der Waals surface area contributed by atoms with E-state index in [1.54, 1.807) is 6.07 Å². The van der Waals surface area contributed by atoms with Gasteiger partial charge in [0.2, 0.25) is 0 Å². The first-order valence-electron chi connectivity index (χ1n) is 7.97. The summed E-state index contributed by atoms with van der Waals surface area (Å²) in [6.07, 6.45) is 6.97. The lowest BCUT2D eigenvalue weighted by atomic mass is 9.96. The summed E-state index contributed by atoms with van der Waals surface area (Å²) in [5.74, 6) is -0.812. The lowest BCUT2D eigenvalue weighted by Crippen LogP contribution is -2.31. The van der Waals surface area contributed by atoms with E-state index in [2.05, 4.69) is 11.0 Å². The fourth-order valence-electron chi connectivity index (χ4n) is 3.52. The molecule has 1 N–H and O–H groups in total. The number of hydrogen-bond donors (Lipinski definition) is 1. The molecule has 1 saturated heterocycles. The highest BCUT2D eigenvalue weighted by molar-refractivity contribution is 5.91. The molecule has 0 bridgehead atoms. The number of ether oxygens (including phenoxy) is 1. The molecule has 0 aliphatic carbocycles. The van der Waals surface area contributed by atoms with Gasteiger partial charge in [0.25, 0.3) is 0 Å². The number of nitrogens with zero attached hydrogens (tertiary/aromatic N) is 1. The Morgan fingerprint density at radius 2 is 2.29 bits per heavy atom. The maximum atomic E-state index is 11.3. The molecule has 0 saturated carbocycles. The second-order valence-electron chi connectivity index (χ2n) is 5.98. The van der Waals surface area contributed by atoms with Gasteiger partial charge in [-0.15, -0.1) is 0 Å². The van der Waals surface area contributed by atoms with Gasteiger partial charge in [0, 0.05) is 25.4 Å². The predicted octanol–water partition coefficient (Wildman–Crippen LogP) is 3.10. The van der Waals surface area contributed by atoms with Crippen molar-refractivity contribution in [3.63, 3.8) is 0 Å². The van der Waals surface area contributed by atoms with Crippen LogP contribution < -0.4 is 4.90 Å². The Bertz CT molecular complexity index is 509. The van der Waals surface area contributed by atoms with Crippen LogP contribution in [0.3, 0.4) is 0 Å². The molecular weight excluding hydrogens is 266 g/mol. The Hall–Kier alpha value is -1.55. The molecule has 0 amide bonds. The standard InChI is InChI=1S/C17H23NO3/c19-17(20)15-7-1-9-16-14(15)8-3-11-18(16)10-2-5-13-6-4-12-21-13/h1,7,9,13H,2-6,8,10-12H2,(H,19,20). The molecule has 1 aromatic rings. The van der Waals surface area contributed by atoms with E-state index in [1.807, 2.05) is 6.07 Å². The molecule has 4 heteroatoms. The molecule has 114 valence electrons. The fraction of sp³-hybridized carbons (Fsp3) is 0.588. The van der Waals surface area contributed by atoms with Crippen molar-refractivity contribution in [2.75, 3.05) is 24.6 Å². The maximum absolute atomic E-state index is 11.3. The molecule has 2 aliphatic rings. The molecule has 21 heavy (non-hydrogen) atoms. The highest BCUT2D eigenvalue weighted by Gasteiger charge is 2.22. The summed E-state index contributed by atoms with van der Waals surface area (Å²) in [6, 6.07) is 5.64. The highest BCUT2D eigenvalue weighted by atomic mass is 16.5. The summed E-state index contributed by atoms with van der Waals surface area (Å²) in [5, 5.41) is 9.31. The van der Waals surface area contributed by atoms with Crippen molar-refractivity contribution in [3.05, 3.63) is 29.3 Å². The van der Waals surface area contributed by atoms with Crippen LogP contribution in [0.2, 0.25) is 0 Å². The highest BCUT2D eigenvalue weighted by Crippen LogP contribution is 2.30. The summed E-state index contributed by atoms with van der Waals surface area (Å²) in [7, 11) is 0. The summed E-state index contributed by atoms with van der Waals surface area (Å²) in [4.78, 5) is 13.7. The van der Waals surface area contributed by atoms with E-state index in [-0.39, 0.29) is 0 Å². The lowest BCUT2D eigenvalue weighted by Gasteiger charge is -2.32. The predicted molar refractivity (Wildman–Crippen MR) is 82.1 cm³/mol. The van der Waals surface area contributed by atoms with E-state index < -0.39 is 5.97 Å². The van der Waals surface area contributed by atoms with Crippen molar-refractivity contribution in [1.29, 1.82) is 0 Å². The number of fused-ring (bicyclic) bond motifs is 1. The zero-order chi connectivity index (χ0) is 14.7. The van der Waals surface area contributed by atoms with Gasteiger partial charge in [0.15, 0.2) is 0 Å².